The van der Waals surface area contributed by atoms with Gasteiger partial charge in [0.15, 0.2) is 0 Å². The van der Waals surface area contributed by atoms with E-state index in [4.69, 9.17) is 0 Å². The molecule has 1 aromatic carbocycles. The molecule has 0 amide bonds. The van der Waals surface area contributed by atoms with E-state index in [1.165, 1.54) is 113 Å². The molecule has 0 saturated carbocycles. The van der Waals surface area contributed by atoms with Crippen LogP contribution in [0, 0.1) is 0 Å². The summed E-state index contributed by atoms with van der Waals surface area (Å²) >= 11 is 0. The van der Waals surface area contributed by atoms with Crippen LogP contribution in [-0.4, -0.2) is 9.55 Å². The first-order chi connectivity index (χ1) is 15.3. The Hall–Kier alpha value is -1.83. The number of aromatic nitrogens is 2. The highest BCUT2D eigenvalue weighted by Gasteiger charge is 2.04. The van der Waals surface area contributed by atoms with E-state index in [1.54, 1.807) is 0 Å². The Labute approximate surface area is 192 Å². The molecule has 2 heteroatoms. The second kappa shape index (κ2) is 16.8. The van der Waals surface area contributed by atoms with E-state index in [0.717, 1.165) is 13.0 Å². The molecule has 31 heavy (non-hydrogen) atoms. The highest BCUT2D eigenvalue weighted by atomic mass is 15.1. The zero-order chi connectivity index (χ0) is 22.0. The Morgan fingerprint density at radius 1 is 0.806 bits per heavy atom. The lowest BCUT2D eigenvalue weighted by Crippen LogP contribution is -2.04. The zero-order valence-electron chi connectivity index (χ0n) is 20.2. The Morgan fingerprint density at radius 2 is 1.39 bits per heavy atom. The Bertz CT molecular complexity index is 700. The highest BCUT2D eigenvalue weighted by Crippen LogP contribution is 2.15. The van der Waals surface area contributed by atoms with Gasteiger partial charge in [-0.05, 0) is 23.6 Å². The van der Waals surface area contributed by atoms with Gasteiger partial charge in [-0.25, -0.2) is 4.98 Å². The maximum Gasteiger partial charge on any atom is 0.108 e. The van der Waals surface area contributed by atoms with E-state index in [-0.39, 0.29) is 0 Å². The van der Waals surface area contributed by atoms with Gasteiger partial charge in [-0.15, -0.1) is 0 Å². The standard InChI is InChI=1S/C29H46N2/c1-3-5-6-7-8-9-10-11-12-13-14-15-16-17-18-22-29-30-23-24-31(29)26-28-21-19-20-27(4-2)25-28/h4,19-21,23-25H,2-3,5-18,22,26H2,1H3. The summed E-state index contributed by atoms with van der Waals surface area (Å²) in [7, 11) is 0. The van der Waals surface area contributed by atoms with Crippen LogP contribution in [0.2, 0.25) is 0 Å². The van der Waals surface area contributed by atoms with Crippen molar-refractivity contribution in [2.75, 3.05) is 0 Å². The Kier molecular flexibility index (Phi) is 13.8. The molecule has 1 heterocycles. The summed E-state index contributed by atoms with van der Waals surface area (Å²) in [4.78, 5) is 4.60. The normalized spacial score (nSPS) is 11.1. The lowest BCUT2D eigenvalue weighted by Gasteiger charge is -2.09. The van der Waals surface area contributed by atoms with Gasteiger partial charge in [0.25, 0.3) is 0 Å². The molecule has 0 saturated heterocycles. The molecule has 0 radical (unpaired) electrons. The van der Waals surface area contributed by atoms with Crippen molar-refractivity contribution in [2.45, 2.75) is 116 Å². The van der Waals surface area contributed by atoms with E-state index < -0.39 is 0 Å². The van der Waals surface area contributed by atoms with Crippen LogP contribution in [0.4, 0.5) is 0 Å². The van der Waals surface area contributed by atoms with Crippen molar-refractivity contribution in [1.82, 2.24) is 9.55 Å². The Balaban J connectivity index is 1.46. The summed E-state index contributed by atoms with van der Waals surface area (Å²) in [5, 5.41) is 0. The fourth-order valence-corrected chi connectivity index (χ4v) is 4.38. The number of hydrogen-bond acceptors (Lipinski definition) is 1. The average Bonchev–Trinajstić information content (AvgIpc) is 3.23. The van der Waals surface area contributed by atoms with Crippen LogP contribution in [0.3, 0.4) is 0 Å². The van der Waals surface area contributed by atoms with Crippen LogP contribution in [0.25, 0.3) is 6.08 Å². The van der Waals surface area contributed by atoms with Crippen molar-refractivity contribution in [3.63, 3.8) is 0 Å². The number of hydrogen-bond donors (Lipinski definition) is 0. The van der Waals surface area contributed by atoms with E-state index in [0.29, 0.717) is 0 Å². The third kappa shape index (κ3) is 11.4. The van der Waals surface area contributed by atoms with Gasteiger partial charge in [-0.1, -0.05) is 128 Å². The number of imidazole rings is 1. The van der Waals surface area contributed by atoms with Crippen LogP contribution < -0.4 is 0 Å². The summed E-state index contributed by atoms with van der Waals surface area (Å²) in [5.41, 5.74) is 2.50. The van der Waals surface area contributed by atoms with E-state index in [2.05, 4.69) is 53.5 Å². The van der Waals surface area contributed by atoms with Crippen molar-refractivity contribution in [3.8, 4) is 0 Å². The van der Waals surface area contributed by atoms with Gasteiger partial charge in [0.1, 0.15) is 5.82 Å². The summed E-state index contributed by atoms with van der Waals surface area (Å²) in [6.45, 7) is 7.06. The Morgan fingerprint density at radius 3 is 1.97 bits per heavy atom. The lowest BCUT2D eigenvalue weighted by molar-refractivity contribution is 0.530. The van der Waals surface area contributed by atoms with Gasteiger partial charge in [-0.3, -0.25) is 0 Å². The summed E-state index contributed by atoms with van der Waals surface area (Å²) < 4.78 is 2.30. The molecule has 0 N–H and O–H groups in total. The van der Waals surface area contributed by atoms with E-state index in [9.17, 15) is 0 Å². The fourth-order valence-electron chi connectivity index (χ4n) is 4.38. The monoisotopic (exact) mass is 422 g/mol. The highest BCUT2D eigenvalue weighted by molar-refractivity contribution is 5.47. The summed E-state index contributed by atoms with van der Waals surface area (Å²) in [5.74, 6) is 1.22. The number of unbranched alkanes of at least 4 members (excludes halogenated alkanes) is 14. The maximum atomic E-state index is 4.60. The first-order valence-electron chi connectivity index (χ1n) is 13.0. The topological polar surface area (TPSA) is 17.8 Å². The molecule has 0 fully saturated rings. The SMILES string of the molecule is C=Cc1cccc(Cn2ccnc2CCCCCCCCCCCCCCCCC)c1. The molecule has 0 unspecified atom stereocenters. The van der Waals surface area contributed by atoms with E-state index >= 15 is 0 Å². The smallest absolute Gasteiger partial charge is 0.108 e. The van der Waals surface area contributed by atoms with Crippen molar-refractivity contribution < 1.29 is 0 Å². The first kappa shape index (κ1) is 25.4. The van der Waals surface area contributed by atoms with Gasteiger partial charge >= 0.3 is 0 Å². The van der Waals surface area contributed by atoms with Crippen molar-refractivity contribution in [2.24, 2.45) is 0 Å². The zero-order valence-corrected chi connectivity index (χ0v) is 20.2. The van der Waals surface area contributed by atoms with E-state index in [1.807, 2.05) is 12.3 Å². The molecule has 2 rings (SSSR count). The number of nitrogens with zero attached hydrogens (tertiary/aromatic N) is 2. The molecule has 0 spiro atoms. The van der Waals surface area contributed by atoms with Gasteiger partial charge < -0.3 is 4.57 Å². The van der Waals surface area contributed by atoms with Gasteiger partial charge in [0.05, 0.1) is 0 Å². The molecule has 2 aromatic rings. The average molecular weight is 423 g/mol. The van der Waals surface area contributed by atoms with Crippen LogP contribution in [-0.2, 0) is 13.0 Å². The van der Waals surface area contributed by atoms with Crippen molar-refractivity contribution >= 4 is 6.08 Å². The molecule has 0 atom stereocenters. The molecule has 0 aliphatic heterocycles. The molecule has 0 aliphatic rings. The predicted molar refractivity (Wildman–Crippen MR) is 136 cm³/mol. The van der Waals surface area contributed by atoms with Gasteiger partial charge in [-0.2, -0.15) is 0 Å². The predicted octanol–water partition coefficient (Wildman–Crippen LogP) is 8.99. The molecule has 0 aliphatic carbocycles. The second-order valence-corrected chi connectivity index (χ2v) is 9.12. The van der Waals surface area contributed by atoms with Crippen molar-refractivity contribution in [1.29, 1.82) is 0 Å². The quantitative estimate of drug-likeness (QED) is 0.206. The molecule has 172 valence electrons. The second-order valence-electron chi connectivity index (χ2n) is 9.12. The largest absolute Gasteiger partial charge is 0.331 e. The molecular formula is C29H46N2. The lowest BCUT2D eigenvalue weighted by atomic mass is 10.0. The minimum absolute atomic E-state index is 0.899. The molecular weight excluding hydrogens is 376 g/mol. The van der Waals surface area contributed by atoms with Crippen molar-refractivity contribution in [3.05, 3.63) is 60.2 Å². The summed E-state index contributed by atoms with van der Waals surface area (Å²) in [6.07, 6.45) is 28.2. The number of aryl methyl sites for hydroxylation is 1. The molecule has 0 bridgehead atoms. The fraction of sp³-hybridized carbons (Fsp3) is 0.621. The van der Waals surface area contributed by atoms with Crippen LogP contribution in [0.5, 0.6) is 0 Å². The third-order valence-corrected chi connectivity index (χ3v) is 6.35. The minimum Gasteiger partial charge on any atom is -0.331 e. The third-order valence-electron chi connectivity index (χ3n) is 6.35. The molecule has 1 aromatic heterocycles. The summed E-state index contributed by atoms with van der Waals surface area (Å²) in [6, 6.07) is 8.60. The number of rotatable bonds is 19. The molecule has 2 nitrogen and oxygen atoms in total. The van der Waals surface area contributed by atoms with Crippen LogP contribution in [0.15, 0.2) is 43.2 Å². The maximum absolute atomic E-state index is 4.60. The van der Waals surface area contributed by atoms with Crippen LogP contribution in [0.1, 0.15) is 120 Å². The first-order valence-corrected chi connectivity index (χ1v) is 13.0. The minimum atomic E-state index is 0.899. The van der Waals surface area contributed by atoms with Gasteiger partial charge in [0, 0.05) is 25.4 Å². The number of benzene rings is 1. The van der Waals surface area contributed by atoms with Gasteiger partial charge in [0.2, 0.25) is 0 Å². The van der Waals surface area contributed by atoms with Crippen LogP contribution >= 0.6 is 0 Å².